The monoisotopic (exact) mass is 628 g/mol. The Balaban J connectivity index is 0.000000181. The van der Waals surface area contributed by atoms with Gasteiger partial charge in [0.25, 0.3) is 11.1 Å². The SMILES string of the molecule is Cc1ccc([C@@H](C)c2nn(CCF)c3c(=O)[nH]c(C)nc23)cc1.Cc1ccc([C@H](C)c2nn(CCF)c3c(=O)[nH]c(C)nc23)cc1. The molecule has 0 fully saturated rings. The van der Waals surface area contributed by atoms with Gasteiger partial charge in [0.2, 0.25) is 0 Å². The minimum absolute atomic E-state index is 0.0346. The summed E-state index contributed by atoms with van der Waals surface area (Å²) in [4.78, 5) is 38.7. The molecule has 0 saturated carbocycles. The fraction of sp³-hybridized carbons (Fsp3) is 0.353. The number of hydrogen-bond acceptors (Lipinski definition) is 6. The van der Waals surface area contributed by atoms with E-state index in [2.05, 4.69) is 30.1 Å². The molecule has 12 heteroatoms. The highest BCUT2D eigenvalue weighted by atomic mass is 19.1. The number of nitrogens with zero attached hydrogens (tertiary/aromatic N) is 6. The minimum atomic E-state index is -0.581. The molecule has 0 bridgehead atoms. The van der Waals surface area contributed by atoms with Gasteiger partial charge in [-0.1, -0.05) is 73.5 Å². The van der Waals surface area contributed by atoms with Crippen LogP contribution < -0.4 is 11.1 Å². The number of hydrogen-bond donors (Lipinski definition) is 2. The highest BCUT2D eigenvalue weighted by Gasteiger charge is 2.23. The third-order valence-corrected chi connectivity index (χ3v) is 8.05. The van der Waals surface area contributed by atoms with Crippen molar-refractivity contribution in [3.05, 3.63) is 115 Å². The smallest absolute Gasteiger partial charge is 0.277 e. The van der Waals surface area contributed by atoms with Crippen molar-refractivity contribution in [1.82, 2.24) is 39.5 Å². The molecule has 0 aliphatic heterocycles. The Morgan fingerprint density at radius 2 is 0.978 bits per heavy atom. The van der Waals surface area contributed by atoms with Gasteiger partial charge in [0, 0.05) is 11.8 Å². The van der Waals surface area contributed by atoms with Crippen molar-refractivity contribution in [2.24, 2.45) is 0 Å². The summed E-state index contributed by atoms with van der Waals surface area (Å²) < 4.78 is 28.4. The first-order chi connectivity index (χ1) is 22.0. The second kappa shape index (κ2) is 13.6. The predicted octanol–water partition coefficient (Wildman–Crippen LogP) is 5.72. The Labute approximate surface area is 264 Å². The van der Waals surface area contributed by atoms with Crippen LogP contribution in [0.4, 0.5) is 8.78 Å². The molecule has 0 spiro atoms. The van der Waals surface area contributed by atoms with Crippen LogP contribution >= 0.6 is 0 Å². The summed E-state index contributed by atoms with van der Waals surface area (Å²) in [5.74, 6) is 0.986. The summed E-state index contributed by atoms with van der Waals surface area (Å²) in [6, 6.07) is 16.3. The zero-order valence-electron chi connectivity index (χ0n) is 26.9. The minimum Gasteiger partial charge on any atom is -0.309 e. The van der Waals surface area contributed by atoms with Crippen molar-refractivity contribution in [2.75, 3.05) is 13.3 Å². The number of aromatic amines is 2. The van der Waals surface area contributed by atoms with Crippen LogP contribution in [0.1, 0.15) is 71.0 Å². The summed E-state index contributed by atoms with van der Waals surface area (Å²) >= 11 is 0. The summed E-state index contributed by atoms with van der Waals surface area (Å²) in [5.41, 5.74) is 7.14. The number of aromatic nitrogens is 8. The maximum Gasteiger partial charge on any atom is 0.277 e. The second-order valence-corrected chi connectivity index (χ2v) is 11.6. The molecule has 6 rings (SSSR count). The molecular weight excluding hydrogens is 590 g/mol. The molecule has 4 heterocycles. The molecule has 4 aromatic heterocycles. The molecule has 46 heavy (non-hydrogen) atoms. The third kappa shape index (κ3) is 6.51. The van der Waals surface area contributed by atoms with E-state index >= 15 is 0 Å². The fourth-order valence-electron chi connectivity index (χ4n) is 5.54. The lowest BCUT2D eigenvalue weighted by atomic mass is 9.96. The normalized spacial score (nSPS) is 12.7. The second-order valence-electron chi connectivity index (χ2n) is 11.6. The van der Waals surface area contributed by atoms with Gasteiger partial charge in [-0.05, 0) is 38.8 Å². The number of nitrogens with one attached hydrogen (secondary N) is 2. The topological polar surface area (TPSA) is 127 Å². The van der Waals surface area contributed by atoms with Gasteiger partial charge in [0.05, 0.1) is 24.5 Å². The lowest BCUT2D eigenvalue weighted by molar-refractivity contribution is 0.430. The Kier molecular flexibility index (Phi) is 9.54. The quantitative estimate of drug-likeness (QED) is 0.222. The Morgan fingerprint density at radius 1 is 0.630 bits per heavy atom. The summed E-state index contributed by atoms with van der Waals surface area (Å²) in [6.45, 7) is 10.5. The highest BCUT2D eigenvalue weighted by Crippen LogP contribution is 2.29. The van der Waals surface area contributed by atoms with Crippen LogP contribution in [-0.2, 0) is 13.1 Å². The van der Waals surface area contributed by atoms with E-state index in [1.54, 1.807) is 13.8 Å². The molecule has 2 N–H and O–H groups in total. The molecule has 2 atom stereocenters. The lowest BCUT2D eigenvalue weighted by Crippen LogP contribution is -2.14. The van der Waals surface area contributed by atoms with E-state index in [4.69, 9.17) is 0 Å². The van der Waals surface area contributed by atoms with E-state index in [0.29, 0.717) is 45.1 Å². The van der Waals surface area contributed by atoms with Crippen LogP contribution in [0.3, 0.4) is 0 Å². The standard InChI is InChI=1S/2C17H19FN4O/c2*1-10-4-6-13(7-5-10)11(2)14-15-16(22(21-14)9-8-18)17(23)20-12(3)19-15/h2*4-7,11H,8-9H2,1-3H3,(H,19,20,23)/t2*11-/m10/s1. The van der Waals surface area contributed by atoms with Gasteiger partial charge in [-0.3, -0.25) is 19.0 Å². The van der Waals surface area contributed by atoms with Crippen molar-refractivity contribution in [3.63, 3.8) is 0 Å². The molecule has 240 valence electrons. The van der Waals surface area contributed by atoms with Crippen LogP contribution in [0, 0.1) is 27.7 Å². The lowest BCUT2D eigenvalue weighted by Gasteiger charge is -2.10. The number of rotatable bonds is 8. The Hall–Kier alpha value is -5.00. The Bertz CT molecular complexity index is 1940. The van der Waals surface area contributed by atoms with Gasteiger partial charge in [-0.15, -0.1) is 0 Å². The van der Waals surface area contributed by atoms with Gasteiger partial charge >= 0.3 is 0 Å². The van der Waals surface area contributed by atoms with Gasteiger partial charge in [-0.25, -0.2) is 18.7 Å². The van der Waals surface area contributed by atoms with Crippen molar-refractivity contribution >= 4 is 22.1 Å². The van der Waals surface area contributed by atoms with Crippen LogP contribution in [0.25, 0.3) is 22.1 Å². The predicted molar refractivity (Wildman–Crippen MR) is 175 cm³/mol. The third-order valence-electron chi connectivity index (χ3n) is 8.05. The number of fused-ring (bicyclic) bond motifs is 2. The molecule has 0 saturated heterocycles. The first-order valence-corrected chi connectivity index (χ1v) is 15.2. The molecular formula is C34H38F2N8O2. The maximum atomic E-state index is 12.8. The zero-order chi connectivity index (χ0) is 33.1. The molecule has 10 nitrogen and oxygen atoms in total. The molecule has 0 radical (unpaired) electrons. The van der Waals surface area contributed by atoms with Gasteiger partial charge in [-0.2, -0.15) is 10.2 Å². The maximum absolute atomic E-state index is 12.8. The average molecular weight is 629 g/mol. The van der Waals surface area contributed by atoms with Crippen LogP contribution in [0.2, 0.25) is 0 Å². The van der Waals surface area contributed by atoms with E-state index in [9.17, 15) is 18.4 Å². The highest BCUT2D eigenvalue weighted by molar-refractivity contribution is 5.78. The number of halogens is 2. The van der Waals surface area contributed by atoms with E-state index in [-0.39, 0.29) is 36.0 Å². The molecule has 6 aromatic rings. The average Bonchev–Trinajstić information content (AvgIpc) is 3.56. The number of aryl methyl sites for hydroxylation is 6. The Morgan fingerprint density at radius 3 is 1.30 bits per heavy atom. The van der Waals surface area contributed by atoms with Gasteiger partial charge in [0.1, 0.15) is 36.0 Å². The number of H-pyrrole nitrogens is 2. The van der Waals surface area contributed by atoms with Crippen molar-refractivity contribution in [1.29, 1.82) is 0 Å². The molecule has 0 amide bonds. The first kappa shape index (κ1) is 32.4. The van der Waals surface area contributed by atoms with Crippen LogP contribution in [0.15, 0.2) is 58.1 Å². The fourth-order valence-corrected chi connectivity index (χ4v) is 5.54. The summed E-state index contributed by atoms with van der Waals surface area (Å²) in [5, 5.41) is 8.95. The van der Waals surface area contributed by atoms with E-state index < -0.39 is 13.3 Å². The number of alkyl halides is 2. The molecule has 0 aliphatic carbocycles. The van der Waals surface area contributed by atoms with Gasteiger partial charge < -0.3 is 9.97 Å². The van der Waals surface area contributed by atoms with Crippen molar-refractivity contribution < 1.29 is 8.78 Å². The van der Waals surface area contributed by atoms with E-state index in [1.165, 1.54) is 20.5 Å². The van der Waals surface area contributed by atoms with Crippen molar-refractivity contribution in [2.45, 2.75) is 66.5 Å². The zero-order valence-corrected chi connectivity index (χ0v) is 26.9. The van der Waals surface area contributed by atoms with Crippen molar-refractivity contribution in [3.8, 4) is 0 Å². The molecule has 2 aromatic carbocycles. The van der Waals surface area contributed by atoms with Gasteiger partial charge in [0.15, 0.2) is 11.0 Å². The number of benzene rings is 2. The largest absolute Gasteiger partial charge is 0.309 e. The summed E-state index contributed by atoms with van der Waals surface area (Å²) in [7, 11) is 0. The molecule has 0 aliphatic rings. The van der Waals surface area contributed by atoms with Crippen LogP contribution in [0.5, 0.6) is 0 Å². The van der Waals surface area contributed by atoms with Crippen LogP contribution in [-0.4, -0.2) is 52.8 Å². The van der Waals surface area contributed by atoms with E-state index in [1.807, 2.05) is 76.2 Å². The first-order valence-electron chi connectivity index (χ1n) is 15.2. The molecule has 0 unspecified atom stereocenters. The summed E-state index contributed by atoms with van der Waals surface area (Å²) in [6.07, 6.45) is 0. The van der Waals surface area contributed by atoms with E-state index in [0.717, 1.165) is 11.1 Å².